The number of carbonyl (C=O) groups is 1. The predicted octanol–water partition coefficient (Wildman–Crippen LogP) is 1.76. The van der Waals surface area contributed by atoms with Gasteiger partial charge in [-0.1, -0.05) is 0 Å². The molecule has 2 aliphatic heterocycles. The van der Waals surface area contributed by atoms with E-state index in [0.29, 0.717) is 32.0 Å². The van der Waals surface area contributed by atoms with Gasteiger partial charge in [0, 0.05) is 37.4 Å². The van der Waals surface area contributed by atoms with Gasteiger partial charge in [-0.05, 0) is 62.4 Å². The molecule has 4 rings (SSSR count). The molecular formula is C23H29N3O7S2. The van der Waals surface area contributed by atoms with Gasteiger partial charge in [0.05, 0.1) is 35.2 Å². The maximum absolute atomic E-state index is 13.0. The molecule has 0 spiro atoms. The number of nitrogens with zero attached hydrogens (tertiary/aromatic N) is 2. The Kier molecular flexibility index (Phi) is 7.60. The third kappa shape index (κ3) is 5.74. The minimum Gasteiger partial charge on any atom is -0.379 e. The first-order valence-corrected chi connectivity index (χ1v) is 14.2. The number of hydrogen-bond donors (Lipinski definition) is 1. The monoisotopic (exact) mass is 523 g/mol. The van der Waals surface area contributed by atoms with Crippen molar-refractivity contribution < 1.29 is 31.1 Å². The van der Waals surface area contributed by atoms with Crippen molar-refractivity contribution in [3.63, 3.8) is 0 Å². The van der Waals surface area contributed by atoms with Crippen LogP contribution in [0.1, 0.15) is 24.2 Å². The lowest BCUT2D eigenvalue weighted by Crippen LogP contribution is -2.48. The average Bonchev–Trinajstić information content (AvgIpc) is 2.84. The van der Waals surface area contributed by atoms with Crippen LogP contribution in [0.15, 0.2) is 58.3 Å². The van der Waals surface area contributed by atoms with E-state index in [1.807, 2.05) is 13.8 Å². The number of carbonyl (C=O) groups excluding carboxylic acids is 1. The molecular weight excluding hydrogens is 494 g/mol. The van der Waals surface area contributed by atoms with Crippen LogP contribution in [-0.4, -0.2) is 83.0 Å². The van der Waals surface area contributed by atoms with Crippen LogP contribution in [0.4, 0.5) is 5.69 Å². The van der Waals surface area contributed by atoms with Crippen molar-refractivity contribution in [3.05, 3.63) is 54.1 Å². The highest BCUT2D eigenvalue weighted by Gasteiger charge is 2.32. The molecule has 1 N–H and O–H groups in total. The molecule has 2 saturated heterocycles. The molecule has 2 fully saturated rings. The number of nitrogens with one attached hydrogen (secondary N) is 1. The molecule has 2 aromatic carbocycles. The van der Waals surface area contributed by atoms with Gasteiger partial charge in [0.2, 0.25) is 20.0 Å². The highest BCUT2D eigenvalue weighted by Crippen LogP contribution is 2.23. The quantitative estimate of drug-likeness (QED) is 0.612. The topological polar surface area (TPSA) is 122 Å². The van der Waals surface area contributed by atoms with E-state index in [0.717, 1.165) is 0 Å². The Morgan fingerprint density at radius 2 is 1.29 bits per heavy atom. The highest BCUT2D eigenvalue weighted by atomic mass is 32.2. The van der Waals surface area contributed by atoms with E-state index in [-0.39, 0.29) is 40.7 Å². The minimum absolute atomic E-state index is 0.105. The Morgan fingerprint density at radius 3 is 1.83 bits per heavy atom. The van der Waals surface area contributed by atoms with Crippen molar-refractivity contribution in [1.29, 1.82) is 0 Å². The third-order valence-corrected chi connectivity index (χ3v) is 9.62. The number of hydrogen-bond acceptors (Lipinski definition) is 7. The zero-order valence-electron chi connectivity index (χ0n) is 19.6. The summed E-state index contributed by atoms with van der Waals surface area (Å²) in [5.41, 5.74) is 0.696. The fourth-order valence-electron chi connectivity index (χ4n) is 4.10. The van der Waals surface area contributed by atoms with E-state index < -0.39 is 26.0 Å². The number of sulfonamides is 2. The predicted molar refractivity (Wildman–Crippen MR) is 129 cm³/mol. The Bertz CT molecular complexity index is 1250. The molecule has 0 unspecified atom stereocenters. The second-order valence-electron chi connectivity index (χ2n) is 8.60. The van der Waals surface area contributed by atoms with Crippen LogP contribution >= 0.6 is 0 Å². The molecule has 35 heavy (non-hydrogen) atoms. The standard InChI is InChI=1S/C23H29N3O7S2/c1-17-15-26(16-18(2)33-17)35(30,31)21-7-3-19(4-8-21)23(27)24-20-5-9-22(10-6-20)34(28,29)25-11-13-32-14-12-25/h3-10,17-18H,11-16H2,1-2H3,(H,24,27)/t17-,18+. The van der Waals surface area contributed by atoms with Crippen molar-refractivity contribution in [3.8, 4) is 0 Å². The maximum Gasteiger partial charge on any atom is 0.255 e. The fourth-order valence-corrected chi connectivity index (χ4v) is 7.10. The van der Waals surface area contributed by atoms with Crippen molar-refractivity contribution in [2.75, 3.05) is 44.7 Å². The van der Waals surface area contributed by atoms with Gasteiger partial charge < -0.3 is 14.8 Å². The van der Waals surface area contributed by atoms with E-state index >= 15 is 0 Å². The summed E-state index contributed by atoms with van der Waals surface area (Å²) in [6, 6.07) is 11.6. The lowest BCUT2D eigenvalue weighted by Gasteiger charge is -2.34. The van der Waals surface area contributed by atoms with Crippen LogP contribution in [-0.2, 0) is 29.5 Å². The van der Waals surface area contributed by atoms with Gasteiger partial charge in [0.15, 0.2) is 0 Å². The Hall–Kier alpha value is -2.35. The number of rotatable bonds is 6. The smallest absolute Gasteiger partial charge is 0.255 e. The fraction of sp³-hybridized carbons (Fsp3) is 0.435. The molecule has 190 valence electrons. The van der Waals surface area contributed by atoms with Crippen molar-refractivity contribution in [1.82, 2.24) is 8.61 Å². The van der Waals surface area contributed by atoms with Gasteiger partial charge in [0.1, 0.15) is 0 Å². The summed E-state index contributed by atoms with van der Waals surface area (Å²) in [5.74, 6) is -0.439. The molecule has 0 bridgehead atoms. The molecule has 2 aliphatic rings. The van der Waals surface area contributed by atoms with Gasteiger partial charge in [0.25, 0.3) is 5.91 Å². The molecule has 10 nitrogen and oxygen atoms in total. The molecule has 0 aliphatic carbocycles. The van der Waals surface area contributed by atoms with Crippen molar-refractivity contribution in [2.24, 2.45) is 0 Å². The Labute approximate surface area is 205 Å². The lowest BCUT2D eigenvalue weighted by molar-refractivity contribution is -0.0440. The molecule has 2 heterocycles. The van der Waals surface area contributed by atoms with E-state index in [2.05, 4.69) is 5.32 Å². The molecule has 2 aromatic rings. The molecule has 12 heteroatoms. The number of anilines is 1. The van der Waals surface area contributed by atoms with Gasteiger partial charge in [-0.25, -0.2) is 16.8 Å². The van der Waals surface area contributed by atoms with E-state index in [1.165, 1.54) is 57.1 Å². The van der Waals surface area contributed by atoms with E-state index in [4.69, 9.17) is 9.47 Å². The van der Waals surface area contributed by atoms with Crippen LogP contribution in [0.5, 0.6) is 0 Å². The molecule has 2 atom stereocenters. The summed E-state index contributed by atoms with van der Waals surface area (Å²) in [6.45, 7) is 5.52. The zero-order valence-corrected chi connectivity index (χ0v) is 21.2. The number of ether oxygens (including phenoxy) is 2. The highest BCUT2D eigenvalue weighted by molar-refractivity contribution is 7.89. The number of benzene rings is 2. The summed E-state index contributed by atoms with van der Waals surface area (Å²) in [4.78, 5) is 12.9. The Morgan fingerprint density at radius 1 is 0.800 bits per heavy atom. The van der Waals surface area contributed by atoms with E-state index in [9.17, 15) is 21.6 Å². The molecule has 0 saturated carbocycles. The maximum atomic E-state index is 13.0. The van der Waals surface area contributed by atoms with Gasteiger partial charge in [-0.15, -0.1) is 0 Å². The largest absolute Gasteiger partial charge is 0.379 e. The van der Waals surface area contributed by atoms with Gasteiger partial charge in [-0.2, -0.15) is 8.61 Å². The van der Waals surface area contributed by atoms with Crippen molar-refractivity contribution in [2.45, 2.75) is 35.8 Å². The summed E-state index contributed by atoms with van der Waals surface area (Å²) in [6.07, 6.45) is -0.400. The zero-order chi connectivity index (χ0) is 25.2. The number of amides is 1. The van der Waals surface area contributed by atoms with Crippen LogP contribution in [0, 0.1) is 0 Å². The SMILES string of the molecule is C[C@@H]1CN(S(=O)(=O)c2ccc(C(=O)Nc3ccc(S(=O)(=O)N4CCOCC4)cc3)cc2)C[C@H](C)O1. The Balaban J connectivity index is 1.42. The second kappa shape index (κ2) is 10.3. The van der Waals surface area contributed by atoms with Crippen LogP contribution in [0.3, 0.4) is 0 Å². The van der Waals surface area contributed by atoms with Gasteiger partial charge >= 0.3 is 0 Å². The normalized spacial score (nSPS) is 22.6. The lowest BCUT2D eigenvalue weighted by atomic mass is 10.2. The molecule has 0 aromatic heterocycles. The summed E-state index contributed by atoms with van der Waals surface area (Å²) in [7, 11) is -7.33. The third-order valence-electron chi connectivity index (χ3n) is 5.86. The first-order chi connectivity index (χ1) is 16.6. The first-order valence-electron chi connectivity index (χ1n) is 11.3. The van der Waals surface area contributed by atoms with Crippen LogP contribution in [0.2, 0.25) is 0 Å². The van der Waals surface area contributed by atoms with Crippen LogP contribution < -0.4 is 5.32 Å². The van der Waals surface area contributed by atoms with Gasteiger partial charge in [-0.3, -0.25) is 4.79 Å². The summed E-state index contributed by atoms with van der Waals surface area (Å²) < 4.78 is 65.0. The summed E-state index contributed by atoms with van der Waals surface area (Å²) >= 11 is 0. The summed E-state index contributed by atoms with van der Waals surface area (Å²) in [5, 5.41) is 2.71. The average molecular weight is 524 g/mol. The molecule has 1 amide bonds. The number of morpholine rings is 2. The second-order valence-corrected chi connectivity index (χ2v) is 12.5. The molecule has 0 radical (unpaired) electrons. The van der Waals surface area contributed by atoms with Crippen molar-refractivity contribution >= 4 is 31.6 Å². The minimum atomic E-state index is -3.70. The van der Waals surface area contributed by atoms with E-state index in [1.54, 1.807) is 0 Å². The first kappa shape index (κ1) is 25.7. The van der Waals surface area contributed by atoms with Crippen LogP contribution in [0.25, 0.3) is 0 Å².